The zero-order valence-electron chi connectivity index (χ0n) is 10.6. The fourth-order valence-electron chi connectivity index (χ4n) is 1.51. The van der Waals surface area contributed by atoms with Crippen molar-refractivity contribution in [2.75, 3.05) is 20.8 Å². The number of aryl methyl sites for hydroxylation is 1. The molecule has 1 aromatic carbocycles. The Balaban J connectivity index is 2.59. The number of nitrogens with zero attached hydrogens (tertiary/aromatic N) is 1. The van der Waals surface area contributed by atoms with E-state index in [1.54, 1.807) is 7.05 Å². The van der Waals surface area contributed by atoms with Gasteiger partial charge in [0, 0.05) is 13.5 Å². The van der Waals surface area contributed by atoms with Gasteiger partial charge < -0.3 is 4.74 Å². The van der Waals surface area contributed by atoms with E-state index in [4.69, 9.17) is 9.57 Å². The summed E-state index contributed by atoms with van der Waals surface area (Å²) in [5.74, 6) is 0.807. The number of benzene rings is 1. The minimum absolute atomic E-state index is 0.0428. The smallest absolute Gasteiger partial charge is 0.246 e. The first-order valence-corrected chi connectivity index (χ1v) is 5.70. The van der Waals surface area contributed by atoms with E-state index < -0.39 is 0 Å². The van der Waals surface area contributed by atoms with Crippen molar-refractivity contribution in [3.63, 3.8) is 0 Å². The van der Waals surface area contributed by atoms with Crippen LogP contribution in [0.4, 0.5) is 0 Å². The van der Waals surface area contributed by atoms with Crippen molar-refractivity contribution in [2.45, 2.75) is 19.8 Å². The van der Waals surface area contributed by atoms with Crippen LogP contribution in [-0.2, 0) is 16.1 Å². The average Bonchev–Trinajstić information content (AvgIpc) is 2.36. The molecule has 0 spiro atoms. The molecule has 0 N–H and O–H groups in total. The van der Waals surface area contributed by atoms with E-state index in [1.165, 1.54) is 12.2 Å². The third kappa shape index (κ3) is 4.07. The van der Waals surface area contributed by atoms with E-state index >= 15 is 0 Å². The average molecular weight is 237 g/mol. The lowest BCUT2D eigenvalue weighted by molar-refractivity contribution is -0.168. The Morgan fingerprint density at radius 1 is 1.35 bits per heavy atom. The summed E-state index contributed by atoms with van der Waals surface area (Å²) < 4.78 is 5.50. The van der Waals surface area contributed by atoms with E-state index in [1.807, 2.05) is 31.2 Å². The molecule has 1 amide bonds. The molecule has 0 saturated carbocycles. The van der Waals surface area contributed by atoms with Crippen LogP contribution in [0.1, 0.15) is 18.9 Å². The van der Waals surface area contributed by atoms with Crippen molar-refractivity contribution in [3.05, 3.63) is 29.8 Å². The summed E-state index contributed by atoms with van der Waals surface area (Å²) in [6.07, 6.45) is 1.07. The van der Waals surface area contributed by atoms with Crippen molar-refractivity contribution < 1.29 is 14.4 Å². The largest absolute Gasteiger partial charge is 0.494 e. The van der Waals surface area contributed by atoms with Crippen LogP contribution >= 0.6 is 0 Å². The first-order valence-electron chi connectivity index (χ1n) is 5.70. The molecule has 0 unspecified atom stereocenters. The molecule has 0 aliphatic rings. The maximum Gasteiger partial charge on any atom is 0.246 e. The zero-order chi connectivity index (χ0) is 12.7. The van der Waals surface area contributed by atoms with Crippen LogP contribution in [-0.4, -0.2) is 31.7 Å². The molecule has 17 heavy (non-hydrogen) atoms. The van der Waals surface area contributed by atoms with E-state index in [2.05, 4.69) is 0 Å². The van der Waals surface area contributed by atoms with Crippen LogP contribution in [0.5, 0.6) is 5.75 Å². The van der Waals surface area contributed by atoms with Gasteiger partial charge in [-0.05, 0) is 25.0 Å². The predicted octanol–water partition coefficient (Wildman–Crippen LogP) is 2.04. The Bertz CT molecular complexity index is 365. The van der Waals surface area contributed by atoms with E-state index in [-0.39, 0.29) is 5.91 Å². The Hall–Kier alpha value is -1.55. The number of carbonyl (C=O) groups is 1. The van der Waals surface area contributed by atoms with Crippen molar-refractivity contribution in [3.8, 4) is 5.75 Å². The minimum Gasteiger partial charge on any atom is -0.494 e. The van der Waals surface area contributed by atoms with Crippen LogP contribution < -0.4 is 4.74 Å². The number of hydrogen-bond donors (Lipinski definition) is 0. The quantitative estimate of drug-likeness (QED) is 0.711. The maximum absolute atomic E-state index is 11.6. The van der Waals surface area contributed by atoms with Gasteiger partial charge in [-0.3, -0.25) is 9.63 Å². The summed E-state index contributed by atoms with van der Waals surface area (Å²) in [6, 6.07) is 7.77. The number of rotatable bonds is 6. The number of amides is 1. The summed E-state index contributed by atoms with van der Waals surface area (Å²) in [7, 11) is 3.09. The third-order valence-electron chi connectivity index (χ3n) is 2.51. The molecule has 0 radical (unpaired) electrons. The Labute approximate surface area is 102 Å². The third-order valence-corrected chi connectivity index (χ3v) is 2.51. The normalized spacial score (nSPS) is 10.1. The molecule has 0 heterocycles. The number of hydroxylamine groups is 2. The monoisotopic (exact) mass is 237 g/mol. The summed E-state index contributed by atoms with van der Waals surface area (Å²) in [6.45, 7) is 2.57. The minimum atomic E-state index is -0.0428. The number of carbonyl (C=O) groups excluding carboxylic acids is 1. The second kappa shape index (κ2) is 6.91. The first-order chi connectivity index (χ1) is 8.19. The van der Waals surface area contributed by atoms with E-state index in [9.17, 15) is 4.79 Å². The van der Waals surface area contributed by atoms with E-state index in [0.717, 1.165) is 11.3 Å². The molecule has 0 bridgehead atoms. The molecule has 1 rings (SSSR count). The number of hydrogen-bond acceptors (Lipinski definition) is 3. The Morgan fingerprint density at radius 3 is 2.71 bits per heavy atom. The van der Waals surface area contributed by atoms with Gasteiger partial charge >= 0.3 is 0 Å². The van der Waals surface area contributed by atoms with Gasteiger partial charge in [-0.15, -0.1) is 0 Å². The van der Waals surface area contributed by atoms with Crippen molar-refractivity contribution >= 4 is 5.91 Å². The van der Waals surface area contributed by atoms with Crippen molar-refractivity contribution in [1.29, 1.82) is 0 Å². The lowest BCUT2D eigenvalue weighted by atomic mass is 10.1. The summed E-state index contributed by atoms with van der Waals surface area (Å²) in [5, 5.41) is 1.24. The van der Waals surface area contributed by atoms with Gasteiger partial charge in [0.2, 0.25) is 5.91 Å². The molecule has 4 heteroatoms. The summed E-state index contributed by atoms with van der Waals surface area (Å²) >= 11 is 0. The van der Waals surface area contributed by atoms with Crippen LogP contribution in [0.3, 0.4) is 0 Å². The molecular weight excluding hydrogens is 218 g/mol. The van der Waals surface area contributed by atoms with Crippen molar-refractivity contribution in [1.82, 2.24) is 5.06 Å². The van der Waals surface area contributed by atoms with Gasteiger partial charge in [0.05, 0.1) is 13.7 Å². The fraction of sp³-hybridized carbons (Fsp3) is 0.462. The molecule has 1 aromatic rings. The topological polar surface area (TPSA) is 38.8 Å². The Kier molecular flexibility index (Phi) is 5.49. The highest BCUT2D eigenvalue weighted by Gasteiger charge is 2.10. The molecule has 0 atom stereocenters. The van der Waals surface area contributed by atoms with Gasteiger partial charge in [-0.2, -0.15) is 0 Å². The molecule has 94 valence electrons. The highest BCUT2D eigenvalue weighted by atomic mass is 16.7. The summed E-state index contributed by atoms with van der Waals surface area (Å²) in [4.78, 5) is 16.4. The molecule has 0 aliphatic carbocycles. The standard InChI is InChI=1S/C13H19NO3/c1-4-17-12-8-6-5-7-11(12)9-10-13(15)14(2)16-3/h5-8H,4,9-10H2,1-3H3. The predicted molar refractivity (Wildman–Crippen MR) is 65.7 cm³/mol. The molecule has 0 aromatic heterocycles. The Morgan fingerprint density at radius 2 is 2.06 bits per heavy atom. The van der Waals surface area contributed by atoms with Crippen LogP contribution in [0.25, 0.3) is 0 Å². The van der Waals surface area contributed by atoms with Crippen LogP contribution in [0.2, 0.25) is 0 Å². The van der Waals surface area contributed by atoms with Gasteiger partial charge in [0.25, 0.3) is 0 Å². The molecule has 0 aliphatic heterocycles. The van der Waals surface area contributed by atoms with E-state index in [0.29, 0.717) is 19.4 Å². The highest BCUT2D eigenvalue weighted by Crippen LogP contribution is 2.19. The number of para-hydroxylation sites is 1. The second-order valence-electron chi connectivity index (χ2n) is 3.61. The lowest BCUT2D eigenvalue weighted by Gasteiger charge is -2.14. The molecule has 4 nitrogen and oxygen atoms in total. The molecule has 0 fully saturated rings. The second-order valence-corrected chi connectivity index (χ2v) is 3.61. The zero-order valence-corrected chi connectivity index (χ0v) is 10.6. The SMILES string of the molecule is CCOc1ccccc1CCC(=O)N(C)OC. The van der Waals surface area contributed by atoms with Gasteiger partial charge in [-0.25, -0.2) is 5.06 Å². The van der Waals surface area contributed by atoms with Crippen molar-refractivity contribution in [2.24, 2.45) is 0 Å². The highest BCUT2D eigenvalue weighted by molar-refractivity contribution is 5.75. The fourth-order valence-corrected chi connectivity index (χ4v) is 1.51. The van der Waals surface area contributed by atoms with Gasteiger partial charge in [-0.1, -0.05) is 18.2 Å². The summed E-state index contributed by atoms with van der Waals surface area (Å²) in [5.41, 5.74) is 1.05. The number of ether oxygens (including phenoxy) is 1. The maximum atomic E-state index is 11.6. The van der Waals surface area contributed by atoms with Crippen LogP contribution in [0, 0.1) is 0 Å². The first kappa shape index (κ1) is 13.5. The van der Waals surface area contributed by atoms with Gasteiger partial charge in [0.15, 0.2) is 0 Å². The lowest BCUT2D eigenvalue weighted by Crippen LogP contribution is -2.25. The van der Waals surface area contributed by atoms with Gasteiger partial charge in [0.1, 0.15) is 5.75 Å². The molecular formula is C13H19NO3. The molecule has 0 saturated heterocycles. The van der Waals surface area contributed by atoms with Crippen LogP contribution in [0.15, 0.2) is 24.3 Å².